The first-order valence-electron chi connectivity index (χ1n) is 6.87. The Labute approximate surface area is 130 Å². The van der Waals surface area contributed by atoms with Crippen molar-refractivity contribution in [2.45, 2.75) is 6.36 Å². The Morgan fingerprint density at radius 1 is 0.913 bits per heavy atom. The minimum Gasteiger partial charge on any atom is -0.405 e. The van der Waals surface area contributed by atoms with Crippen molar-refractivity contribution in [3.05, 3.63) is 60.9 Å². The van der Waals surface area contributed by atoms with Gasteiger partial charge in [0.1, 0.15) is 5.75 Å². The van der Waals surface area contributed by atoms with Crippen LogP contribution < -0.4 is 4.74 Å². The average Bonchev–Trinajstić information content (AvgIpc) is 2.93. The summed E-state index contributed by atoms with van der Waals surface area (Å²) in [5, 5.41) is 4.12. The standard InChI is InChI=1S/C17H13F3N2O/c1-22-11-12(10-21-22)13-6-2-3-7-14(13)15-8-4-5-9-16(15)23-17(18,19)20/h2-11H,1H3. The Morgan fingerprint density at radius 3 is 2.13 bits per heavy atom. The molecule has 2 aromatic carbocycles. The predicted molar refractivity (Wildman–Crippen MR) is 80.8 cm³/mol. The van der Waals surface area contributed by atoms with Crippen LogP contribution in [0.15, 0.2) is 60.9 Å². The molecule has 3 rings (SSSR count). The van der Waals surface area contributed by atoms with Crippen molar-refractivity contribution in [3.63, 3.8) is 0 Å². The van der Waals surface area contributed by atoms with Crippen molar-refractivity contribution >= 4 is 0 Å². The number of benzene rings is 2. The number of hydrogen-bond donors (Lipinski definition) is 0. The fourth-order valence-electron chi connectivity index (χ4n) is 2.43. The molecule has 0 aliphatic rings. The molecule has 0 aliphatic carbocycles. The maximum absolute atomic E-state index is 12.6. The molecule has 0 aliphatic heterocycles. The SMILES string of the molecule is Cn1cc(-c2ccccc2-c2ccccc2OC(F)(F)F)cn1. The molecule has 3 nitrogen and oxygen atoms in total. The van der Waals surface area contributed by atoms with Crippen molar-refractivity contribution < 1.29 is 17.9 Å². The van der Waals surface area contributed by atoms with Gasteiger partial charge in [0.15, 0.2) is 0 Å². The van der Waals surface area contributed by atoms with Crippen LogP contribution in [0.3, 0.4) is 0 Å². The lowest BCUT2D eigenvalue weighted by atomic mass is 9.96. The largest absolute Gasteiger partial charge is 0.573 e. The van der Waals surface area contributed by atoms with Gasteiger partial charge >= 0.3 is 6.36 Å². The van der Waals surface area contributed by atoms with Crippen molar-refractivity contribution in [1.29, 1.82) is 0 Å². The molecule has 0 atom stereocenters. The van der Waals surface area contributed by atoms with Crippen LogP contribution in [0.5, 0.6) is 5.75 Å². The average molecular weight is 318 g/mol. The molecule has 3 aromatic rings. The van der Waals surface area contributed by atoms with Gasteiger partial charge in [0.2, 0.25) is 0 Å². The molecule has 0 fully saturated rings. The summed E-state index contributed by atoms with van der Waals surface area (Å²) >= 11 is 0. The van der Waals surface area contributed by atoms with E-state index in [-0.39, 0.29) is 5.75 Å². The summed E-state index contributed by atoms with van der Waals surface area (Å²) in [5.41, 5.74) is 2.65. The van der Waals surface area contributed by atoms with Gasteiger partial charge in [0.25, 0.3) is 0 Å². The highest BCUT2D eigenvalue weighted by molar-refractivity contribution is 5.85. The molecule has 0 N–H and O–H groups in total. The lowest BCUT2D eigenvalue weighted by Crippen LogP contribution is -2.17. The summed E-state index contributed by atoms with van der Waals surface area (Å²) in [6, 6.07) is 13.3. The number of ether oxygens (including phenoxy) is 1. The van der Waals surface area contributed by atoms with Gasteiger partial charge in [-0.25, -0.2) is 0 Å². The summed E-state index contributed by atoms with van der Waals surface area (Å²) in [6.45, 7) is 0. The van der Waals surface area contributed by atoms with E-state index in [4.69, 9.17) is 0 Å². The molecular weight excluding hydrogens is 305 g/mol. The van der Waals surface area contributed by atoms with Gasteiger partial charge in [0, 0.05) is 24.4 Å². The van der Waals surface area contributed by atoms with Gasteiger partial charge < -0.3 is 4.74 Å². The molecule has 0 bridgehead atoms. The van der Waals surface area contributed by atoms with Crippen LogP contribution in [0.25, 0.3) is 22.3 Å². The van der Waals surface area contributed by atoms with E-state index in [2.05, 4.69) is 9.84 Å². The molecule has 0 amide bonds. The van der Waals surface area contributed by atoms with E-state index < -0.39 is 6.36 Å². The highest BCUT2D eigenvalue weighted by atomic mass is 19.4. The van der Waals surface area contributed by atoms with E-state index in [9.17, 15) is 13.2 Å². The lowest BCUT2D eigenvalue weighted by molar-refractivity contribution is -0.274. The molecule has 0 radical (unpaired) electrons. The van der Waals surface area contributed by atoms with E-state index in [0.29, 0.717) is 11.1 Å². The Hall–Kier alpha value is -2.76. The van der Waals surface area contributed by atoms with Crippen LogP contribution in [0.1, 0.15) is 0 Å². The second-order valence-corrected chi connectivity index (χ2v) is 4.99. The molecule has 0 saturated heterocycles. The van der Waals surface area contributed by atoms with Crippen molar-refractivity contribution in [2.75, 3.05) is 0 Å². The van der Waals surface area contributed by atoms with E-state index >= 15 is 0 Å². The molecular formula is C17H13F3N2O. The molecule has 1 heterocycles. The summed E-state index contributed by atoms with van der Waals surface area (Å²) < 4.78 is 43.7. The summed E-state index contributed by atoms with van der Waals surface area (Å²) in [4.78, 5) is 0. The second-order valence-electron chi connectivity index (χ2n) is 4.99. The van der Waals surface area contributed by atoms with E-state index in [1.165, 1.54) is 12.1 Å². The van der Waals surface area contributed by atoms with E-state index in [0.717, 1.165) is 11.1 Å². The highest BCUT2D eigenvalue weighted by Crippen LogP contribution is 2.38. The quantitative estimate of drug-likeness (QED) is 0.703. The Balaban J connectivity index is 2.13. The van der Waals surface area contributed by atoms with Crippen LogP contribution in [0.4, 0.5) is 13.2 Å². The molecule has 6 heteroatoms. The van der Waals surface area contributed by atoms with E-state index in [1.54, 1.807) is 42.2 Å². The third kappa shape index (κ3) is 3.36. The molecule has 0 unspecified atom stereocenters. The van der Waals surface area contributed by atoms with Crippen LogP contribution in [0, 0.1) is 0 Å². The summed E-state index contributed by atoms with van der Waals surface area (Å²) in [5.74, 6) is -0.226. The smallest absolute Gasteiger partial charge is 0.405 e. The van der Waals surface area contributed by atoms with Crippen LogP contribution in [-0.2, 0) is 7.05 Å². The number of para-hydroxylation sites is 1. The Morgan fingerprint density at radius 2 is 1.52 bits per heavy atom. The molecule has 1 aromatic heterocycles. The molecule has 118 valence electrons. The first-order valence-corrected chi connectivity index (χ1v) is 6.87. The number of aryl methyl sites for hydroxylation is 1. The number of alkyl halides is 3. The van der Waals surface area contributed by atoms with Crippen molar-refractivity contribution in [3.8, 4) is 28.0 Å². The fraction of sp³-hybridized carbons (Fsp3) is 0.118. The number of nitrogens with zero attached hydrogens (tertiary/aromatic N) is 2. The van der Waals surface area contributed by atoms with E-state index in [1.807, 2.05) is 18.3 Å². The van der Waals surface area contributed by atoms with Gasteiger partial charge in [-0.3, -0.25) is 4.68 Å². The summed E-state index contributed by atoms with van der Waals surface area (Å²) in [6.07, 6.45) is -1.25. The number of halogens is 3. The highest BCUT2D eigenvalue weighted by Gasteiger charge is 2.32. The lowest BCUT2D eigenvalue weighted by Gasteiger charge is -2.15. The maximum Gasteiger partial charge on any atom is 0.573 e. The molecule has 0 saturated carbocycles. The fourth-order valence-corrected chi connectivity index (χ4v) is 2.43. The van der Waals surface area contributed by atoms with Gasteiger partial charge in [-0.2, -0.15) is 5.10 Å². The van der Waals surface area contributed by atoms with Crippen LogP contribution >= 0.6 is 0 Å². The second kappa shape index (κ2) is 5.79. The number of aromatic nitrogens is 2. The minimum atomic E-state index is -4.74. The molecule has 0 spiro atoms. The zero-order valence-electron chi connectivity index (χ0n) is 12.2. The van der Waals surface area contributed by atoms with Gasteiger partial charge in [0.05, 0.1) is 6.20 Å². The zero-order chi connectivity index (χ0) is 16.4. The van der Waals surface area contributed by atoms with Crippen LogP contribution in [-0.4, -0.2) is 16.1 Å². The Bertz CT molecular complexity index is 824. The normalized spacial score (nSPS) is 11.5. The summed E-state index contributed by atoms with van der Waals surface area (Å²) in [7, 11) is 1.78. The number of hydrogen-bond acceptors (Lipinski definition) is 2. The van der Waals surface area contributed by atoms with Gasteiger partial charge in [-0.05, 0) is 17.2 Å². The predicted octanol–water partition coefficient (Wildman–Crippen LogP) is 4.65. The van der Waals surface area contributed by atoms with Gasteiger partial charge in [-0.15, -0.1) is 13.2 Å². The minimum absolute atomic E-state index is 0.226. The zero-order valence-corrected chi connectivity index (χ0v) is 12.2. The van der Waals surface area contributed by atoms with Crippen molar-refractivity contribution in [1.82, 2.24) is 9.78 Å². The molecule has 23 heavy (non-hydrogen) atoms. The third-order valence-electron chi connectivity index (χ3n) is 3.35. The third-order valence-corrected chi connectivity index (χ3v) is 3.35. The monoisotopic (exact) mass is 318 g/mol. The van der Waals surface area contributed by atoms with Crippen molar-refractivity contribution in [2.24, 2.45) is 7.05 Å². The first-order chi connectivity index (χ1) is 10.9. The van der Waals surface area contributed by atoms with Crippen LogP contribution in [0.2, 0.25) is 0 Å². The first kappa shape index (κ1) is 15.1. The topological polar surface area (TPSA) is 27.1 Å². The Kier molecular flexibility index (Phi) is 3.82. The maximum atomic E-state index is 12.6. The van der Waals surface area contributed by atoms with Gasteiger partial charge in [-0.1, -0.05) is 42.5 Å². The number of rotatable bonds is 3.